The zero-order valence-corrected chi connectivity index (χ0v) is 17.1. The van der Waals surface area contributed by atoms with Crippen LogP contribution in [0, 0.1) is 11.3 Å². The molecule has 26 heavy (non-hydrogen) atoms. The highest BCUT2D eigenvalue weighted by molar-refractivity contribution is 7.18. The van der Waals surface area contributed by atoms with Gasteiger partial charge in [-0.2, -0.15) is 0 Å². The smallest absolute Gasteiger partial charge is 0.305 e. The van der Waals surface area contributed by atoms with Crippen molar-refractivity contribution in [2.75, 3.05) is 0 Å². The van der Waals surface area contributed by atoms with Crippen molar-refractivity contribution < 1.29 is 9.90 Å². The van der Waals surface area contributed by atoms with Crippen molar-refractivity contribution in [3.63, 3.8) is 0 Å². The number of rotatable bonds is 4. The lowest BCUT2D eigenvalue weighted by Gasteiger charge is -2.33. The molecule has 1 aliphatic carbocycles. The lowest BCUT2D eigenvalue weighted by molar-refractivity contribution is -0.137. The molecule has 0 spiro atoms. The summed E-state index contributed by atoms with van der Waals surface area (Å²) < 4.78 is 1.59. The van der Waals surface area contributed by atoms with Crippen LogP contribution in [0.5, 0.6) is 0 Å². The standard InChI is InChI=1S/C20H28N2O3S/c1-11(2)17-21-18-16(19(25)22(17)9-8-15(23)24)13-7-6-12(20(3,4)5)10-14(13)26-18/h11-12H,6-10H2,1-5H3,(H,23,24). The minimum Gasteiger partial charge on any atom is -0.481 e. The maximum atomic E-state index is 13.2. The van der Waals surface area contributed by atoms with Crippen LogP contribution in [0.25, 0.3) is 10.2 Å². The molecule has 0 aromatic carbocycles. The van der Waals surface area contributed by atoms with Crippen LogP contribution < -0.4 is 5.56 Å². The molecule has 2 heterocycles. The Kier molecular flexibility index (Phi) is 4.99. The van der Waals surface area contributed by atoms with Crippen LogP contribution in [-0.2, 0) is 24.2 Å². The fourth-order valence-electron chi connectivity index (χ4n) is 3.88. The molecule has 2 aromatic rings. The number of nitrogens with zero attached hydrogens (tertiary/aromatic N) is 2. The third-order valence-electron chi connectivity index (χ3n) is 5.49. The molecule has 1 aliphatic rings. The molecule has 3 rings (SSSR count). The van der Waals surface area contributed by atoms with E-state index in [0.29, 0.717) is 11.7 Å². The number of aromatic nitrogens is 2. The summed E-state index contributed by atoms with van der Waals surface area (Å²) >= 11 is 1.66. The summed E-state index contributed by atoms with van der Waals surface area (Å²) in [5.41, 5.74) is 1.35. The topological polar surface area (TPSA) is 72.2 Å². The summed E-state index contributed by atoms with van der Waals surface area (Å²) in [6, 6.07) is 0. The number of hydrogen-bond donors (Lipinski definition) is 1. The first-order valence-corrected chi connectivity index (χ1v) is 10.2. The van der Waals surface area contributed by atoms with Gasteiger partial charge in [0.2, 0.25) is 0 Å². The van der Waals surface area contributed by atoms with Crippen molar-refractivity contribution in [3.8, 4) is 0 Å². The predicted molar refractivity (Wildman–Crippen MR) is 105 cm³/mol. The zero-order valence-electron chi connectivity index (χ0n) is 16.3. The molecule has 1 N–H and O–H groups in total. The molecule has 0 radical (unpaired) electrons. The molecule has 0 saturated heterocycles. The van der Waals surface area contributed by atoms with Gasteiger partial charge in [-0.25, -0.2) is 4.98 Å². The second-order valence-electron chi connectivity index (χ2n) is 8.71. The molecule has 0 aliphatic heterocycles. The molecule has 0 amide bonds. The summed E-state index contributed by atoms with van der Waals surface area (Å²) in [6.07, 6.45) is 2.94. The van der Waals surface area contributed by atoms with Gasteiger partial charge in [0.1, 0.15) is 10.7 Å². The van der Waals surface area contributed by atoms with E-state index >= 15 is 0 Å². The van der Waals surface area contributed by atoms with E-state index < -0.39 is 5.97 Å². The Balaban J connectivity index is 2.13. The quantitative estimate of drug-likeness (QED) is 0.868. The lowest BCUT2D eigenvalue weighted by atomic mass is 9.72. The first kappa shape index (κ1) is 19.1. The predicted octanol–water partition coefficient (Wildman–Crippen LogP) is 4.21. The van der Waals surface area contributed by atoms with Crippen LogP contribution in [0.3, 0.4) is 0 Å². The molecule has 0 saturated carbocycles. The van der Waals surface area contributed by atoms with Gasteiger partial charge in [0.25, 0.3) is 5.56 Å². The van der Waals surface area contributed by atoms with E-state index in [1.807, 2.05) is 13.8 Å². The van der Waals surface area contributed by atoms with Gasteiger partial charge in [0.15, 0.2) is 0 Å². The number of carboxylic acids is 1. The van der Waals surface area contributed by atoms with Gasteiger partial charge < -0.3 is 5.11 Å². The van der Waals surface area contributed by atoms with Crippen LogP contribution in [0.2, 0.25) is 0 Å². The Bertz CT molecular complexity index is 902. The molecule has 6 heteroatoms. The highest BCUT2D eigenvalue weighted by Gasteiger charge is 2.32. The lowest BCUT2D eigenvalue weighted by Crippen LogP contribution is -2.29. The van der Waals surface area contributed by atoms with E-state index in [2.05, 4.69) is 20.8 Å². The molecule has 0 fully saturated rings. The molecule has 2 aromatic heterocycles. The molecule has 142 valence electrons. The number of aryl methyl sites for hydroxylation is 1. The Hall–Kier alpha value is -1.69. The van der Waals surface area contributed by atoms with E-state index in [0.717, 1.165) is 35.0 Å². The highest BCUT2D eigenvalue weighted by Crippen LogP contribution is 2.42. The van der Waals surface area contributed by atoms with Gasteiger partial charge in [-0.15, -0.1) is 11.3 Å². The molecular formula is C20H28N2O3S. The van der Waals surface area contributed by atoms with Crippen LogP contribution in [0.15, 0.2) is 4.79 Å². The highest BCUT2D eigenvalue weighted by atomic mass is 32.1. The summed E-state index contributed by atoms with van der Waals surface area (Å²) in [5, 5.41) is 9.76. The summed E-state index contributed by atoms with van der Waals surface area (Å²) in [7, 11) is 0. The Morgan fingerprint density at radius 2 is 2.08 bits per heavy atom. The van der Waals surface area contributed by atoms with Crippen LogP contribution in [-0.4, -0.2) is 20.6 Å². The molecular weight excluding hydrogens is 348 g/mol. The van der Waals surface area contributed by atoms with Gasteiger partial charge >= 0.3 is 5.97 Å². The average molecular weight is 377 g/mol. The van der Waals surface area contributed by atoms with Gasteiger partial charge in [-0.05, 0) is 36.2 Å². The summed E-state index contributed by atoms with van der Waals surface area (Å²) in [6.45, 7) is 11.0. The van der Waals surface area contributed by atoms with E-state index in [1.54, 1.807) is 15.9 Å². The van der Waals surface area contributed by atoms with Gasteiger partial charge in [-0.3, -0.25) is 14.2 Å². The largest absolute Gasteiger partial charge is 0.481 e. The van der Waals surface area contributed by atoms with Crippen molar-refractivity contribution in [2.24, 2.45) is 11.3 Å². The summed E-state index contributed by atoms with van der Waals surface area (Å²) in [5.74, 6) is 0.478. The van der Waals surface area contributed by atoms with Crippen molar-refractivity contribution in [2.45, 2.75) is 72.8 Å². The number of thiophene rings is 1. The van der Waals surface area contributed by atoms with Gasteiger partial charge in [-0.1, -0.05) is 34.6 Å². The second-order valence-corrected chi connectivity index (χ2v) is 9.80. The number of carboxylic acid groups (broad SMARTS) is 1. The minimum atomic E-state index is -0.896. The Morgan fingerprint density at radius 3 is 2.65 bits per heavy atom. The third kappa shape index (κ3) is 3.43. The maximum absolute atomic E-state index is 13.2. The van der Waals surface area contributed by atoms with E-state index in [9.17, 15) is 9.59 Å². The monoisotopic (exact) mass is 376 g/mol. The van der Waals surface area contributed by atoms with Gasteiger partial charge in [0.05, 0.1) is 11.8 Å². The van der Waals surface area contributed by atoms with E-state index in [1.165, 1.54) is 4.88 Å². The Labute approximate surface area is 158 Å². The second kappa shape index (κ2) is 6.80. The fraction of sp³-hybridized carbons (Fsp3) is 0.650. The Morgan fingerprint density at radius 1 is 1.38 bits per heavy atom. The number of hydrogen-bond acceptors (Lipinski definition) is 4. The van der Waals surface area contributed by atoms with Crippen molar-refractivity contribution >= 4 is 27.5 Å². The van der Waals surface area contributed by atoms with Crippen molar-refractivity contribution in [1.82, 2.24) is 9.55 Å². The number of fused-ring (bicyclic) bond motifs is 3. The first-order chi connectivity index (χ1) is 12.1. The van der Waals surface area contributed by atoms with Crippen LogP contribution >= 0.6 is 11.3 Å². The minimum absolute atomic E-state index is 0.0633. The average Bonchev–Trinajstić information content (AvgIpc) is 2.90. The SMILES string of the molecule is CC(C)c1nc2sc3c(c2c(=O)n1CCC(=O)O)CCC(C(C)(C)C)C3. The van der Waals surface area contributed by atoms with Gasteiger partial charge in [0, 0.05) is 17.3 Å². The molecule has 0 bridgehead atoms. The fourth-order valence-corrected chi connectivity index (χ4v) is 5.17. The zero-order chi connectivity index (χ0) is 19.2. The van der Waals surface area contributed by atoms with Crippen LogP contribution in [0.1, 0.15) is 69.6 Å². The number of carbonyl (C=O) groups is 1. The maximum Gasteiger partial charge on any atom is 0.305 e. The molecule has 5 nitrogen and oxygen atoms in total. The van der Waals surface area contributed by atoms with Crippen molar-refractivity contribution in [3.05, 3.63) is 26.6 Å². The van der Waals surface area contributed by atoms with Crippen molar-refractivity contribution in [1.29, 1.82) is 0 Å². The molecule has 1 unspecified atom stereocenters. The summed E-state index contributed by atoms with van der Waals surface area (Å²) in [4.78, 5) is 31.1. The number of aliphatic carboxylic acids is 1. The third-order valence-corrected chi connectivity index (χ3v) is 6.64. The van der Waals surface area contributed by atoms with Crippen LogP contribution in [0.4, 0.5) is 0 Å². The normalized spacial score (nSPS) is 17.7. The first-order valence-electron chi connectivity index (χ1n) is 9.36. The van der Waals surface area contributed by atoms with E-state index in [-0.39, 0.29) is 29.9 Å². The molecule has 1 atom stereocenters. The van der Waals surface area contributed by atoms with E-state index in [4.69, 9.17) is 10.1 Å².